The van der Waals surface area contributed by atoms with Gasteiger partial charge in [0.2, 0.25) is 6.10 Å². The van der Waals surface area contributed by atoms with Crippen molar-refractivity contribution in [3.8, 4) is 0 Å². The van der Waals surface area contributed by atoms with Crippen LogP contribution in [0, 0.1) is 0 Å². The van der Waals surface area contributed by atoms with Crippen molar-refractivity contribution < 1.29 is 33.0 Å². The predicted molar refractivity (Wildman–Crippen MR) is 135 cm³/mol. The Hall–Kier alpha value is -5.33. The molecule has 13 nitrogen and oxygen atoms in total. The van der Waals surface area contributed by atoms with Crippen LogP contribution in [0.3, 0.4) is 0 Å². The Morgan fingerprint density at radius 3 is 2.40 bits per heavy atom. The molecule has 1 saturated heterocycles. The van der Waals surface area contributed by atoms with Gasteiger partial charge in [0.15, 0.2) is 12.0 Å². The summed E-state index contributed by atoms with van der Waals surface area (Å²) < 4.78 is 33.5. The molecular weight excluding hydrogens is 525 g/mol. The van der Waals surface area contributed by atoms with Crippen LogP contribution in [0.1, 0.15) is 39.4 Å². The van der Waals surface area contributed by atoms with Crippen molar-refractivity contribution in [1.82, 2.24) is 14.6 Å². The normalized spacial score (nSPS) is 21.8. The highest BCUT2D eigenvalue weighted by atomic mass is 19.1. The molecule has 2 aromatic heterocycles. The molecule has 4 aromatic rings. The summed E-state index contributed by atoms with van der Waals surface area (Å²) in [5, 5.41) is 10.3. The van der Waals surface area contributed by atoms with Crippen molar-refractivity contribution in [1.29, 1.82) is 0 Å². The molecule has 0 saturated carbocycles. The van der Waals surface area contributed by atoms with Gasteiger partial charge in [-0.3, -0.25) is 9.59 Å². The van der Waals surface area contributed by atoms with Gasteiger partial charge in [-0.05, 0) is 47.0 Å². The van der Waals surface area contributed by atoms with Gasteiger partial charge in [-0.2, -0.15) is 5.10 Å². The van der Waals surface area contributed by atoms with E-state index in [-0.39, 0.29) is 22.6 Å². The van der Waals surface area contributed by atoms with E-state index >= 15 is 4.39 Å². The molecular formula is C26H20FN7O6. The first-order valence-corrected chi connectivity index (χ1v) is 11.9. The lowest BCUT2D eigenvalue weighted by Crippen LogP contribution is -2.46. The number of ether oxygens (including phenoxy) is 3. The highest BCUT2D eigenvalue weighted by molar-refractivity contribution is 6.05. The van der Waals surface area contributed by atoms with Gasteiger partial charge >= 0.3 is 17.8 Å². The fourth-order valence-corrected chi connectivity index (χ4v) is 4.26. The fourth-order valence-electron chi connectivity index (χ4n) is 4.26. The summed E-state index contributed by atoms with van der Waals surface area (Å²) in [6.07, 6.45) is -4.58. The maximum atomic E-state index is 16.0. The van der Waals surface area contributed by atoms with Gasteiger partial charge in [-0.1, -0.05) is 36.4 Å². The molecule has 40 heavy (non-hydrogen) atoms. The second-order valence-corrected chi connectivity index (χ2v) is 8.57. The SMILES string of the molecule is CC(=O)O[C@H]1[C@@H](F)[C@H](c2ccc3c(NC(=O)c4ccccc4)ncnn23)O[C@]1(N=[N+]=[N-])OC(=O)c1ccccc1. The molecule has 0 radical (unpaired) electrons. The van der Waals surface area contributed by atoms with E-state index in [1.165, 1.54) is 28.8 Å². The third kappa shape index (κ3) is 4.91. The van der Waals surface area contributed by atoms with Crippen molar-refractivity contribution in [2.45, 2.75) is 31.2 Å². The van der Waals surface area contributed by atoms with E-state index in [9.17, 15) is 19.9 Å². The second-order valence-electron chi connectivity index (χ2n) is 8.57. The van der Waals surface area contributed by atoms with E-state index in [1.54, 1.807) is 48.5 Å². The number of fused-ring (bicyclic) bond motifs is 1. The van der Waals surface area contributed by atoms with Crippen LogP contribution >= 0.6 is 0 Å². The first-order chi connectivity index (χ1) is 19.3. The number of esters is 2. The van der Waals surface area contributed by atoms with E-state index < -0.39 is 42.1 Å². The minimum absolute atomic E-state index is 0.0544. The summed E-state index contributed by atoms with van der Waals surface area (Å²) in [7, 11) is 0. The summed E-state index contributed by atoms with van der Waals surface area (Å²) in [4.78, 5) is 44.2. The van der Waals surface area contributed by atoms with Gasteiger partial charge < -0.3 is 19.5 Å². The van der Waals surface area contributed by atoms with Crippen LogP contribution in [0.2, 0.25) is 0 Å². The number of nitrogens with zero attached hydrogens (tertiary/aromatic N) is 6. The molecule has 1 N–H and O–H groups in total. The Morgan fingerprint density at radius 1 is 1.07 bits per heavy atom. The number of anilines is 1. The molecule has 2 aromatic carbocycles. The van der Waals surface area contributed by atoms with Gasteiger partial charge in [-0.15, -0.1) is 0 Å². The number of amides is 1. The van der Waals surface area contributed by atoms with Crippen molar-refractivity contribution in [2.24, 2.45) is 5.11 Å². The van der Waals surface area contributed by atoms with E-state index in [2.05, 4.69) is 25.4 Å². The van der Waals surface area contributed by atoms with Crippen LogP contribution < -0.4 is 5.32 Å². The smallest absolute Gasteiger partial charge is 0.340 e. The van der Waals surface area contributed by atoms with Crippen molar-refractivity contribution in [3.05, 3.63) is 106 Å². The molecule has 0 aliphatic carbocycles. The number of carbonyl (C=O) groups is 3. The minimum Gasteiger partial charge on any atom is -0.452 e. The molecule has 4 atom stereocenters. The molecule has 0 bridgehead atoms. The van der Waals surface area contributed by atoms with Gasteiger partial charge in [-0.25, -0.2) is 18.7 Å². The summed E-state index contributed by atoms with van der Waals surface area (Å²) in [5.41, 5.74) is 10.1. The third-order valence-electron chi connectivity index (χ3n) is 6.00. The molecule has 1 amide bonds. The molecule has 3 heterocycles. The molecule has 1 aliphatic rings. The van der Waals surface area contributed by atoms with E-state index in [0.717, 1.165) is 13.3 Å². The number of benzene rings is 2. The van der Waals surface area contributed by atoms with Crippen molar-refractivity contribution in [3.63, 3.8) is 0 Å². The summed E-state index contributed by atoms with van der Waals surface area (Å²) >= 11 is 0. The van der Waals surface area contributed by atoms with Crippen LogP contribution in [0.5, 0.6) is 0 Å². The lowest BCUT2D eigenvalue weighted by atomic mass is 10.1. The Bertz CT molecular complexity index is 1630. The van der Waals surface area contributed by atoms with E-state index in [0.29, 0.717) is 5.56 Å². The second kappa shape index (κ2) is 10.8. The lowest BCUT2D eigenvalue weighted by molar-refractivity contribution is -0.231. The number of hydrogen-bond donors (Lipinski definition) is 1. The number of azide groups is 1. The molecule has 0 spiro atoms. The lowest BCUT2D eigenvalue weighted by Gasteiger charge is -2.28. The van der Waals surface area contributed by atoms with Gasteiger partial charge in [0.25, 0.3) is 5.91 Å². The molecule has 1 fully saturated rings. The molecule has 14 heteroatoms. The van der Waals surface area contributed by atoms with Crippen LogP contribution in [0.15, 0.2) is 84.2 Å². The number of hydrogen-bond acceptors (Lipinski definition) is 9. The maximum absolute atomic E-state index is 16.0. The van der Waals surface area contributed by atoms with Crippen LogP contribution in [0.4, 0.5) is 10.2 Å². The Labute approximate surface area is 225 Å². The number of carbonyl (C=O) groups excluding carboxylic acids is 3. The largest absolute Gasteiger partial charge is 0.452 e. The number of rotatable bonds is 7. The average molecular weight is 545 g/mol. The first kappa shape index (κ1) is 26.3. The number of halogens is 1. The highest BCUT2D eigenvalue weighted by Gasteiger charge is 2.62. The number of aromatic nitrogens is 3. The van der Waals surface area contributed by atoms with Crippen molar-refractivity contribution >= 4 is 29.2 Å². The molecule has 202 valence electrons. The van der Waals surface area contributed by atoms with Crippen LogP contribution in [-0.2, 0) is 19.0 Å². The Morgan fingerprint density at radius 2 is 1.75 bits per heavy atom. The van der Waals surface area contributed by atoms with Crippen LogP contribution in [0.25, 0.3) is 16.0 Å². The first-order valence-electron chi connectivity index (χ1n) is 11.9. The highest BCUT2D eigenvalue weighted by Crippen LogP contribution is 2.46. The maximum Gasteiger partial charge on any atom is 0.340 e. The zero-order valence-corrected chi connectivity index (χ0v) is 20.7. The van der Waals surface area contributed by atoms with Crippen LogP contribution in [-0.4, -0.2) is 50.6 Å². The van der Waals surface area contributed by atoms with Gasteiger partial charge in [0.1, 0.15) is 17.9 Å². The van der Waals surface area contributed by atoms with Gasteiger partial charge in [0, 0.05) is 17.4 Å². The topological polar surface area (TPSA) is 170 Å². The fraction of sp³-hybridized carbons (Fsp3) is 0.192. The minimum atomic E-state index is -2.68. The molecule has 0 unspecified atom stereocenters. The third-order valence-corrected chi connectivity index (χ3v) is 6.00. The van der Waals surface area contributed by atoms with E-state index in [4.69, 9.17) is 14.2 Å². The Kier molecular flexibility index (Phi) is 7.10. The zero-order valence-electron chi connectivity index (χ0n) is 20.7. The summed E-state index contributed by atoms with van der Waals surface area (Å²) in [6.45, 7) is 1.02. The monoisotopic (exact) mass is 545 g/mol. The summed E-state index contributed by atoms with van der Waals surface area (Å²) in [6, 6.07) is 19.0. The average Bonchev–Trinajstić information content (AvgIpc) is 3.50. The Balaban J connectivity index is 1.51. The number of nitrogens with one attached hydrogen (secondary N) is 1. The number of alkyl halides is 1. The van der Waals surface area contributed by atoms with Gasteiger partial charge in [0.05, 0.1) is 11.3 Å². The molecule has 5 rings (SSSR count). The summed E-state index contributed by atoms with van der Waals surface area (Å²) in [5.74, 6) is -4.94. The quantitative estimate of drug-likeness (QED) is 0.156. The predicted octanol–water partition coefficient (Wildman–Crippen LogP) is 4.14. The van der Waals surface area contributed by atoms with Crippen molar-refractivity contribution in [2.75, 3.05) is 5.32 Å². The zero-order chi connectivity index (χ0) is 28.3. The standard InChI is InChI=1S/C26H20FN7O6/c1-15(35)38-22-20(27)21(39-26(22,32-33-28)40-25(37)17-10-6-3-7-11-17)18-12-13-19-23(29-14-30-34(18)19)31-24(36)16-8-4-2-5-9-16/h2-14,20-22H,1H3,(H,29,30,31,36)/t20-,21-,22-,26-/m0/s1. The van der Waals surface area contributed by atoms with E-state index in [1.807, 2.05) is 0 Å². The molecule has 1 aliphatic heterocycles.